The standard InChI is InChI=1S/C13H17N3O2/c14-10-5-11-13(15-6-10)16(12(17)8-18-11)7-9-3-1-2-4-9/h5-6,9H,1-4,7-8,14H2. The summed E-state index contributed by atoms with van der Waals surface area (Å²) in [5.41, 5.74) is 6.24. The summed E-state index contributed by atoms with van der Waals surface area (Å²) in [6.07, 6.45) is 6.52. The topological polar surface area (TPSA) is 68.5 Å². The van der Waals surface area contributed by atoms with E-state index >= 15 is 0 Å². The molecule has 1 aromatic heterocycles. The van der Waals surface area contributed by atoms with Crippen LogP contribution in [0.4, 0.5) is 11.5 Å². The lowest BCUT2D eigenvalue weighted by Crippen LogP contribution is -2.42. The van der Waals surface area contributed by atoms with Gasteiger partial charge >= 0.3 is 0 Å². The van der Waals surface area contributed by atoms with Crippen molar-refractivity contribution in [3.63, 3.8) is 0 Å². The molecule has 0 unspecified atom stereocenters. The largest absolute Gasteiger partial charge is 0.480 e. The fourth-order valence-corrected chi connectivity index (χ4v) is 2.74. The van der Waals surface area contributed by atoms with Gasteiger partial charge in [-0.15, -0.1) is 0 Å². The highest BCUT2D eigenvalue weighted by Gasteiger charge is 2.30. The van der Waals surface area contributed by atoms with E-state index in [0.29, 0.717) is 23.2 Å². The zero-order valence-corrected chi connectivity index (χ0v) is 10.3. The minimum absolute atomic E-state index is 0.00771. The number of rotatable bonds is 2. The third-order valence-corrected chi connectivity index (χ3v) is 3.68. The Balaban J connectivity index is 1.86. The van der Waals surface area contributed by atoms with Gasteiger partial charge < -0.3 is 10.5 Å². The van der Waals surface area contributed by atoms with Crippen LogP contribution in [-0.2, 0) is 4.79 Å². The maximum atomic E-state index is 12.0. The van der Waals surface area contributed by atoms with Crippen LogP contribution in [0.15, 0.2) is 12.3 Å². The second kappa shape index (κ2) is 4.48. The van der Waals surface area contributed by atoms with Gasteiger partial charge in [0.1, 0.15) is 0 Å². The lowest BCUT2D eigenvalue weighted by molar-refractivity contribution is -0.121. The van der Waals surface area contributed by atoms with E-state index in [1.807, 2.05) is 0 Å². The third kappa shape index (κ3) is 2.00. The molecule has 5 heteroatoms. The Kier molecular flexibility index (Phi) is 2.81. The predicted molar refractivity (Wildman–Crippen MR) is 68.5 cm³/mol. The van der Waals surface area contributed by atoms with Crippen LogP contribution in [0, 0.1) is 5.92 Å². The number of carbonyl (C=O) groups is 1. The van der Waals surface area contributed by atoms with Crippen molar-refractivity contribution in [2.24, 2.45) is 5.92 Å². The van der Waals surface area contributed by atoms with Gasteiger partial charge in [-0.3, -0.25) is 9.69 Å². The minimum atomic E-state index is -0.00771. The van der Waals surface area contributed by atoms with Crippen molar-refractivity contribution >= 4 is 17.4 Å². The van der Waals surface area contributed by atoms with Gasteiger partial charge in [-0.1, -0.05) is 12.8 Å². The Labute approximate surface area is 106 Å². The van der Waals surface area contributed by atoms with Gasteiger partial charge in [-0.25, -0.2) is 4.98 Å². The Morgan fingerprint density at radius 2 is 2.22 bits per heavy atom. The molecule has 2 heterocycles. The quantitative estimate of drug-likeness (QED) is 0.861. The van der Waals surface area contributed by atoms with Gasteiger partial charge in [0.2, 0.25) is 0 Å². The van der Waals surface area contributed by atoms with Gasteiger partial charge in [0.15, 0.2) is 18.2 Å². The molecule has 96 valence electrons. The zero-order valence-electron chi connectivity index (χ0n) is 10.3. The minimum Gasteiger partial charge on any atom is -0.480 e. The molecule has 5 nitrogen and oxygen atoms in total. The van der Waals surface area contributed by atoms with Crippen molar-refractivity contribution < 1.29 is 9.53 Å². The second-order valence-corrected chi connectivity index (χ2v) is 5.03. The number of hydrogen-bond donors (Lipinski definition) is 1. The summed E-state index contributed by atoms with van der Waals surface area (Å²) in [6.45, 7) is 0.844. The average Bonchev–Trinajstić information content (AvgIpc) is 2.86. The molecule has 1 aliphatic heterocycles. The molecule has 3 rings (SSSR count). The van der Waals surface area contributed by atoms with Gasteiger partial charge in [-0.05, 0) is 18.8 Å². The van der Waals surface area contributed by atoms with E-state index < -0.39 is 0 Å². The lowest BCUT2D eigenvalue weighted by Gasteiger charge is -2.30. The lowest BCUT2D eigenvalue weighted by atomic mass is 10.1. The molecule has 1 amide bonds. The van der Waals surface area contributed by atoms with Crippen LogP contribution in [0.1, 0.15) is 25.7 Å². The molecule has 0 bridgehead atoms. The molecule has 0 radical (unpaired) electrons. The van der Waals surface area contributed by atoms with Crippen LogP contribution in [0.3, 0.4) is 0 Å². The number of anilines is 2. The summed E-state index contributed by atoms with van der Waals surface area (Å²) in [5, 5.41) is 0. The Bertz CT molecular complexity index is 469. The van der Waals surface area contributed by atoms with Crippen LogP contribution in [0.2, 0.25) is 0 Å². The number of nitrogens with zero attached hydrogens (tertiary/aromatic N) is 2. The molecule has 2 aliphatic rings. The molecule has 2 N–H and O–H groups in total. The average molecular weight is 247 g/mol. The first-order valence-electron chi connectivity index (χ1n) is 6.43. The molecule has 1 saturated carbocycles. The van der Waals surface area contributed by atoms with Crippen LogP contribution in [-0.4, -0.2) is 24.0 Å². The van der Waals surface area contributed by atoms with Crippen molar-refractivity contribution in [3.05, 3.63) is 12.3 Å². The zero-order chi connectivity index (χ0) is 12.5. The number of nitrogens with two attached hydrogens (primary N) is 1. The van der Waals surface area contributed by atoms with Gasteiger partial charge in [0, 0.05) is 12.6 Å². The third-order valence-electron chi connectivity index (χ3n) is 3.68. The number of hydrogen-bond acceptors (Lipinski definition) is 4. The first-order chi connectivity index (χ1) is 8.74. The molecular weight excluding hydrogens is 230 g/mol. The van der Waals surface area contributed by atoms with E-state index in [4.69, 9.17) is 10.5 Å². The number of carbonyl (C=O) groups excluding carboxylic acids is 1. The first-order valence-corrected chi connectivity index (χ1v) is 6.43. The number of aromatic nitrogens is 1. The number of amides is 1. The van der Waals surface area contributed by atoms with Crippen LogP contribution < -0.4 is 15.4 Å². The van der Waals surface area contributed by atoms with Gasteiger partial charge in [0.25, 0.3) is 5.91 Å². The summed E-state index contributed by atoms with van der Waals surface area (Å²) in [7, 11) is 0. The van der Waals surface area contributed by atoms with Crippen LogP contribution in [0.5, 0.6) is 5.75 Å². The highest BCUT2D eigenvalue weighted by molar-refractivity contribution is 5.96. The van der Waals surface area contributed by atoms with Gasteiger partial charge in [0.05, 0.1) is 11.9 Å². The maximum absolute atomic E-state index is 12.0. The van der Waals surface area contributed by atoms with E-state index in [2.05, 4.69) is 4.98 Å². The van der Waals surface area contributed by atoms with Crippen LogP contribution >= 0.6 is 0 Å². The number of fused-ring (bicyclic) bond motifs is 1. The Morgan fingerprint density at radius 3 is 3.00 bits per heavy atom. The van der Waals surface area contributed by atoms with Crippen LogP contribution in [0.25, 0.3) is 0 Å². The highest BCUT2D eigenvalue weighted by atomic mass is 16.5. The normalized spacial score (nSPS) is 19.8. The molecule has 0 atom stereocenters. The predicted octanol–water partition coefficient (Wildman–Crippen LogP) is 1.58. The van der Waals surface area contributed by atoms with E-state index in [9.17, 15) is 4.79 Å². The molecule has 18 heavy (non-hydrogen) atoms. The van der Waals surface area contributed by atoms with E-state index in [1.165, 1.54) is 25.7 Å². The van der Waals surface area contributed by atoms with Crippen molar-refractivity contribution in [1.29, 1.82) is 0 Å². The fraction of sp³-hybridized carbons (Fsp3) is 0.538. The highest BCUT2D eigenvalue weighted by Crippen LogP contribution is 2.34. The molecule has 1 aromatic rings. The summed E-state index contributed by atoms with van der Waals surface area (Å²) in [6, 6.07) is 1.73. The summed E-state index contributed by atoms with van der Waals surface area (Å²) in [5.74, 6) is 1.82. The number of nitrogen functional groups attached to an aromatic ring is 1. The Morgan fingerprint density at radius 1 is 1.44 bits per heavy atom. The second-order valence-electron chi connectivity index (χ2n) is 5.03. The summed E-state index contributed by atoms with van der Waals surface area (Å²) in [4.78, 5) is 18.0. The summed E-state index contributed by atoms with van der Waals surface area (Å²) >= 11 is 0. The van der Waals surface area contributed by atoms with Gasteiger partial charge in [-0.2, -0.15) is 0 Å². The van der Waals surface area contributed by atoms with Crippen molar-refractivity contribution in [3.8, 4) is 5.75 Å². The molecular formula is C13H17N3O2. The van der Waals surface area contributed by atoms with E-state index in [1.54, 1.807) is 17.2 Å². The Hall–Kier alpha value is -1.78. The monoisotopic (exact) mass is 247 g/mol. The fourth-order valence-electron chi connectivity index (χ4n) is 2.74. The van der Waals surface area contributed by atoms with Crippen molar-refractivity contribution in [2.75, 3.05) is 23.8 Å². The summed E-state index contributed by atoms with van der Waals surface area (Å²) < 4.78 is 5.38. The maximum Gasteiger partial charge on any atom is 0.266 e. The molecule has 0 saturated heterocycles. The number of pyridine rings is 1. The van der Waals surface area contributed by atoms with Crippen molar-refractivity contribution in [1.82, 2.24) is 4.98 Å². The molecule has 0 aromatic carbocycles. The molecule has 0 spiro atoms. The smallest absolute Gasteiger partial charge is 0.266 e. The molecule has 1 aliphatic carbocycles. The van der Waals surface area contributed by atoms with Crippen molar-refractivity contribution in [2.45, 2.75) is 25.7 Å². The van der Waals surface area contributed by atoms with E-state index in [-0.39, 0.29) is 12.5 Å². The van der Waals surface area contributed by atoms with E-state index in [0.717, 1.165) is 6.54 Å². The SMILES string of the molecule is Nc1cnc2c(c1)OCC(=O)N2CC1CCCC1. The molecule has 1 fully saturated rings. The number of ether oxygens (including phenoxy) is 1. The first kappa shape index (κ1) is 11.3.